The molecule has 0 saturated carbocycles. The third-order valence-electron chi connectivity index (χ3n) is 1.06. The van der Waals surface area contributed by atoms with Crippen LogP contribution in [-0.2, 0) is 19.1 Å². The molecule has 0 rings (SSSR count). The van der Waals surface area contributed by atoms with E-state index in [0.29, 0.717) is 0 Å². The van der Waals surface area contributed by atoms with Gasteiger partial charge >= 0.3 is 11.9 Å². The molecule has 0 amide bonds. The van der Waals surface area contributed by atoms with Crippen molar-refractivity contribution in [3.05, 3.63) is 0 Å². The van der Waals surface area contributed by atoms with Gasteiger partial charge in [0.05, 0.1) is 6.61 Å². The fraction of sp³-hybridized carbons (Fsp3) is 0.750. The third kappa shape index (κ3) is 6.10. The van der Waals surface area contributed by atoms with E-state index >= 15 is 0 Å². The fourth-order valence-electron chi connectivity index (χ4n) is 0.542. The molecule has 13 heavy (non-hydrogen) atoms. The van der Waals surface area contributed by atoms with Crippen LogP contribution in [0.3, 0.4) is 0 Å². The fourth-order valence-corrected chi connectivity index (χ4v) is 0.542. The summed E-state index contributed by atoms with van der Waals surface area (Å²) in [5, 5.41) is 8.27. The standard InChI is InChI=1S/C7H12O5.CH4/c1-3-11-7(10)5(2)12-6(9)4-8;/h5,8H,3-4H2,1-2H3;1H4. The molecule has 1 N–H and O–H groups in total. The summed E-state index contributed by atoms with van der Waals surface area (Å²) in [6.07, 6.45) is -0.954. The van der Waals surface area contributed by atoms with Gasteiger partial charge in [-0.1, -0.05) is 7.43 Å². The highest BCUT2D eigenvalue weighted by Gasteiger charge is 2.17. The molecule has 0 bridgehead atoms. The maximum absolute atomic E-state index is 10.8. The maximum Gasteiger partial charge on any atom is 0.347 e. The van der Waals surface area contributed by atoms with Gasteiger partial charge in [-0.15, -0.1) is 0 Å². The normalized spacial score (nSPS) is 11.0. The Balaban J connectivity index is 0. The molecule has 5 heteroatoms. The molecule has 0 aromatic heterocycles. The van der Waals surface area contributed by atoms with Gasteiger partial charge in [-0.2, -0.15) is 0 Å². The number of carbonyl (C=O) groups is 2. The first-order valence-electron chi connectivity index (χ1n) is 3.58. The van der Waals surface area contributed by atoms with Crippen LogP contribution in [0, 0.1) is 0 Å². The van der Waals surface area contributed by atoms with Gasteiger partial charge in [0, 0.05) is 0 Å². The Labute approximate surface area is 77.6 Å². The first kappa shape index (κ1) is 14.4. The van der Waals surface area contributed by atoms with Crippen molar-refractivity contribution >= 4 is 11.9 Å². The lowest BCUT2D eigenvalue weighted by Crippen LogP contribution is -2.27. The van der Waals surface area contributed by atoms with E-state index in [9.17, 15) is 9.59 Å². The van der Waals surface area contributed by atoms with Gasteiger partial charge in [0.1, 0.15) is 6.61 Å². The molecule has 0 aliphatic heterocycles. The molecule has 0 radical (unpaired) electrons. The summed E-state index contributed by atoms with van der Waals surface area (Å²) >= 11 is 0. The highest BCUT2D eigenvalue weighted by Crippen LogP contribution is 1.94. The zero-order valence-electron chi connectivity index (χ0n) is 7.07. The van der Waals surface area contributed by atoms with Crippen LogP contribution >= 0.6 is 0 Å². The van der Waals surface area contributed by atoms with Gasteiger partial charge in [-0.05, 0) is 13.8 Å². The molecule has 0 fully saturated rings. The monoisotopic (exact) mass is 192 g/mol. The van der Waals surface area contributed by atoms with Crippen molar-refractivity contribution in [3.63, 3.8) is 0 Å². The third-order valence-corrected chi connectivity index (χ3v) is 1.06. The minimum Gasteiger partial charge on any atom is -0.463 e. The number of rotatable bonds is 4. The van der Waals surface area contributed by atoms with Crippen molar-refractivity contribution in [2.75, 3.05) is 13.2 Å². The molecule has 1 atom stereocenters. The van der Waals surface area contributed by atoms with Crippen molar-refractivity contribution in [2.45, 2.75) is 27.4 Å². The molecule has 0 saturated heterocycles. The van der Waals surface area contributed by atoms with E-state index in [1.54, 1.807) is 6.92 Å². The molecule has 0 aromatic rings. The second-order valence-corrected chi connectivity index (χ2v) is 2.04. The predicted octanol–water partition coefficient (Wildman–Crippen LogP) is 0.110. The number of hydrogen-bond acceptors (Lipinski definition) is 5. The van der Waals surface area contributed by atoms with Crippen LogP contribution in [0.25, 0.3) is 0 Å². The highest BCUT2D eigenvalue weighted by atomic mass is 16.6. The van der Waals surface area contributed by atoms with Gasteiger partial charge in [0.25, 0.3) is 0 Å². The topological polar surface area (TPSA) is 72.8 Å². The SMILES string of the molecule is C.CCOC(=O)C(C)OC(=O)CO. The van der Waals surface area contributed by atoms with Gasteiger partial charge < -0.3 is 14.6 Å². The molecule has 78 valence electrons. The second-order valence-electron chi connectivity index (χ2n) is 2.04. The zero-order chi connectivity index (χ0) is 9.56. The summed E-state index contributed by atoms with van der Waals surface area (Å²) in [5.41, 5.74) is 0. The lowest BCUT2D eigenvalue weighted by molar-refractivity contribution is -0.167. The molecule has 0 aliphatic carbocycles. The Morgan fingerprint density at radius 1 is 1.46 bits per heavy atom. The predicted molar refractivity (Wildman–Crippen MR) is 46.0 cm³/mol. The largest absolute Gasteiger partial charge is 0.463 e. The Hall–Kier alpha value is -1.10. The molecule has 1 unspecified atom stereocenters. The molecular formula is C8H16O5. The van der Waals surface area contributed by atoms with E-state index in [1.165, 1.54) is 6.92 Å². The summed E-state index contributed by atoms with van der Waals surface area (Å²) in [7, 11) is 0. The average molecular weight is 192 g/mol. The smallest absolute Gasteiger partial charge is 0.347 e. The Morgan fingerprint density at radius 3 is 2.38 bits per heavy atom. The van der Waals surface area contributed by atoms with E-state index < -0.39 is 24.6 Å². The lowest BCUT2D eigenvalue weighted by Gasteiger charge is -2.10. The van der Waals surface area contributed by atoms with Crippen molar-refractivity contribution < 1.29 is 24.2 Å². The first-order valence-corrected chi connectivity index (χ1v) is 3.58. The van der Waals surface area contributed by atoms with Crippen LogP contribution < -0.4 is 0 Å². The van der Waals surface area contributed by atoms with Crippen molar-refractivity contribution in [1.29, 1.82) is 0 Å². The molecule has 0 aromatic carbocycles. The van der Waals surface area contributed by atoms with E-state index in [-0.39, 0.29) is 14.0 Å². The van der Waals surface area contributed by atoms with E-state index in [4.69, 9.17) is 5.11 Å². The van der Waals surface area contributed by atoms with E-state index in [1.807, 2.05) is 0 Å². The van der Waals surface area contributed by atoms with Crippen LogP contribution in [0.15, 0.2) is 0 Å². The molecule has 0 heterocycles. The maximum atomic E-state index is 10.8. The summed E-state index contributed by atoms with van der Waals surface area (Å²) in [5.74, 6) is -1.45. The lowest BCUT2D eigenvalue weighted by atomic mass is 10.4. The summed E-state index contributed by atoms with van der Waals surface area (Å²) < 4.78 is 9.00. The van der Waals surface area contributed by atoms with Crippen molar-refractivity contribution in [3.8, 4) is 0 Å². The molecule has 5 nitrogen and oxygen atoms in total. The minimum atomic E-state index is -0.954. The van der Waals surface area contributed by atoms with Crippen LogP contribution in [0.5, 0.6) is 0 Å². The van der Waals surface area contributed by atoms with Crippen LogP contribution in [0.1, 0.15) is 21.3 Å². The number of aliphatic hydroxyl groups is 1. The van der Waals surface area contributed by atoms with Crippen molar-refractivity contribution in [1.82, 2.24) is 0 Å². The zero-order valence-corrected chi connectivity index (χ0v) is 7.07. The average Bonchev–Trinajstić information content (AvgIpc) is 2.04. The minimum absolute atomic E-state index is 0. The van der Waals surface area contributed by atoms with E-state index in [0.717, 1.165) is 0 Å². The number of esters is 2. The number of aliphatic hydroxyl groups excluding tert-OH is 1. The quantitative estimate of drug-likeness (QED) is 0.640. The Morgan fingerprint density at radius 2 is 2.00 bits per heavy atom. The first-order chi connectivity index (χ1) is 5.61. The summed E-state index contributed by atoms with van der Waals surface area (Å²) in [4.78, 5) is 21.3. The highest BCUT2D eigenvalue weighted by molar-refractivity contribution is 5.79. The Bertz CT molecular complexity index is 166. The van der Waals surface area contributed by atoms with Crippen LogP contribution in [-0.4, -0.2) is 36.4 Å². The molecule has 0 spiro atoms. The van der Waals surface area contributed by atoms with Crippen LogP contribution in [0.2, 0.25) is 0 Å². The summed E-state index contributed by atoms with van der Waals surface area (Å²) in [6.45, 7) is 2.54. The van der Waals surface area contributed by atoms with Gasteiger partial charge in [0.15, 0.2) is 6.10 Å². The molecule has 0 aliphatic rings. The van der Waals surface area contributed by atoms with Gasteiger partial charge in [0.2, 0.25) is 0 Å². The summed E-state index contributed by atoms with van der Waals surface area (Å²) in [6, 6.07) is 0. The van der Waals surface area contributed by atoms with E-state index in [2.05, 4.69) is 9.47 Å². The Kier molecular flexibility index (Phi) is 8.37. The van der Waals surface area contributed by atoms with Crippen LogP contribution in [0.4, 0.5) is 0 Å². The number of carbonyl (C=O) groups excluding carboxylic acids is 2. The van der Waals surface area contributed by atoms with Gasteiger partial charge in [-0.25, -0.2) is 9.59 Å². The van der Waals surface area contributed by atoms with Gasteiger partial charge in [-0.3, -0.25) is 0 Å². The second kappa shape index (κ2) is 7.54. The van der Waals surface area contributed by atoms with Crippen molar-refractivity contribution in [2.24, 2.45) is 0 Å². The number of hydrogen-bond donors (Lipinski definition) is 1. The molecular weight excluding hydrogens is 176 g/mol. The number of ether oxygens (including phenoxy) is 2.